The fourth-order valence-corrected chi connectivity index (χ4v) is 3.08. The summed E-state index contributed by atoms with van der Waals surface area (Å²) in [4.78, 5) is 12.2. The molecule has 0 radical (unpaired) electrons. The van der Waals surface area contributed by atoms with E-state index in [4.69, 9.17) is 5.26 Å². The number of carbonyl (C=O) groups excluding carboxylic acids is 1. The lowest BCUT2D eigenvalue weighted by Crippen LogP contribution is -2.12. The molecular weight excluding hydrogens is 288 g/mol. The molecule has 2 aromatic rings. The number of carbonyl (C=O) groups is 1. The first-order valence-electron chi connectivity index (χ1n) is 8.13. The fourth-order valence-electron chi connectivity index (χ4n) is 3.08. The third-order valence-electron chi connectivity index (χ3n) is 4.41. The molecule has 1 saturated carbocycles. The lowest BCUT2D eigenvalue weighted by molar-refractivity contribution is 0.102. The minimum Gasteiger partial charge on any atom is -0.305 e. The summed E-state index contributed by atoms with van der Waals surface area (Å²) in [5.41, 5.74) is 2.17. The lowest BCUT2D eigenvalue weighted by Gasteiger charge is -2.10. The van der Waals surface area contributed by atoms with Crippen molar-refractivity contribution in [1.29, 1.82) is 5.26 Å². The number of hydrogen-bond acceptors (Lipinski definition) is 3. The van der Waals surface area contributed by atoms with Crippen molar-refractivity contribution in [2.45, 2.75) is 44.4 Å². The van der Waals surface area contributed by atoms with Crippen LogP contribution < -0.4 is 5.32 Å². The number of nitriles is 1. The van der Waals surface area contributed by atoms with E-state index in [2.05, 4.69) is 15.5 Å². The van der Waals surface area contributed by atoms with Crippen LogP contribution in [0.5, 0.6) is 0 Å². The van der Waals surface area contributed by atoms with Gasteiger partial charge >= 0.3 is 0 Å². The Morgan fingerprint density at radius 1 is 1.17 bits per heavy atom. The number of amides is 1. The number of nitrogens with one attached hydrogen (secondary N) is 2. The zero-order chi connectivity index (χ0) is 16.1. The standard InChI is InChI=1S/C18H20N4O/c19-12-13-7-9-15(10-8-13)18(23)20-17-11-16(21-22-17)14-5-3-1-2-4-6-14/h7-11,14H,1-6H2,(H2,20,21,22,23). The molecule has 1 heterocycles. The summed E-state index contributed by atoms with van der Waals surface area (Å²) in [6.45, 7) is 0. The highest BCUT2D eigenvalue weighted by Crippen LogP contribution is 2.31. The van der Waals surface area contributed by atoms with Gasteiger partial charge in [0.15, 0.2) is 5.82 Å². The van der Waals surface area contributed by atoms with Gasteiger partial charge in [0.05, 0.1) is 11.6 Å². The Kier molecular flexibility index (Phi) is 4.72. The first-order valence-corrected chi connectivity index (χ1v) is 8.13. The van der Waals surface area contributed by atoms with E-state index in [9.17, 15) is 4.79 Å². The average Bonchev–Trinajstić information content (AvgIpc) is 2.87. The molecule has 1 amide bonds. The van der Waals surface area contributed by atoms with Crippen molar-refractivity contribution in [3.8, 4) is 6.07 Å². The van der Waals surface area contributed by atoms with Crippen LogP contribution in [0.3, 0.4) is 0 Å². The first kappa shape index (κ1) is 15.3. The molecule has 118 valence electrons. The van der Waals surface area contributed by atoms with Crippen molar-refractivity contribution in [2.24, 2.45) is 0 Å². The summed E-state index contributed by atoms with van der Waals surface area (Å²) < 4.78 is 0. The molecule has 0 aliphatic heterocycles. The molecule has 23 heavy (non-hydrogen) atoms. The molecule has 0 spiro atoms. The van der Waals surface area contributed by atoms with E-state index in [1.165, 1.54) is 38.5 Å². The third kappa shape index (κ3) is 3.78. The first-order chi connectivity index (χ1) is 11.3. The maximum Gasteiger partial charge on any atom is 0.256 e. The van der Waals surface area contributed by atoms with Crippen LogP contribution in [0.15, 0.2) is 30.3 Å². The van der Waals surface area contributed by atoms with Gasteiger partial charge in [-0.2, -0.15) is 10.4 Å². The minimum absolute atomic E-state index is 0.214. The Balaban J connectivity index is 1.65. The molecule has 1 aliphatic carbocycles. The van der Waals surface area contributed by atoms with E-state index >= 15 is 0 Å². The van der Waals surface area contributed by atoms with Crippen LogP contribution in [0.4, 0.5) is 5.82 Å². The Morgan fingerprint density at radius 2 is 1.87 bits per heavy atom. The molecule has 1 fully saturated rings. The summed E-state index contributed by atoms with van der Waals surface area (Å²) in [5, 5.41) is 18.9. The predicted molar refractivity (Wildman–Crippen MR) is 88.1 cm³/mol. The van der Waals surface area contributed by atoms with E-state index in [-0.39, 0.29) is 5.91 Å². The molecule has 0 unspecified atom stereocenters. The second-order valence-corrected chi connectivity index (χ2v) is 6.04. The van der Waals surface area contributed by atoms with Gasteiger partial charge in [0.2, 0.25) is 0 Å². The van der Waals surface area contributed by atoms with Crippen LogP contribution in [0.25, 0.3) is 0 Å². The number of aromatic amines is 1. The Bertz CT molecular complexity index is 703. The van der Waals surface area contributed by atoms with Crippen LogP contribution in [0.2, 0.25) is 0 Å². The molecule has 1 aliphatic rings. The van der Waals surface area contributed by atoms with Gasteiger partial charge in [0, 0.05) is 23.2 Å². The van der Waals surface area contributed by atoms with Crippen molar-refractivity contribution in [2.75, 3.05) is 5.32 Å². The maximum absolute atomic E-state index is 12.2. The topological polar surface area (TPSA) is 81.6 Å². The molecule has 5 heteroatoms. The van der Waals surface area contributed by atoms with Gasteiger partial charge in [-0.1, -0.05) is 25.7 Å². The number of H-pyrrole nitrogens is 1. The Hall–Kier alpha value is -2.61. The molecule has 1 aromatic heterocycles. The van der Waals surface area contributed by atoms with Crippen LogP contribution in [0.1, 0.15) is 66.1 Å². The summed E-state index contributed by atoms with van der Waals surface area (Å²) in [6.07, 6.45) is 7.52. The van der Waals surface area contributed by atoms with E-state index < -0.39 is 0 Å². The average molecular weight is 308 g/mol. The van der Waals surface area contributed by atoms with Crippen molar-refractivity contribution in [3.05, 3.63) is 47.2 Å². The molecular formula is C18H20N4O. The Morgan fingerprint density at radius 3 is 2.52 bits per heavy atom. The van der Waals surface area contributed by atoms with Gasteiger partial charge < -0.3 is 5.32 Å². The Labute approximate surface area is 135 Å². The van der Waals surface area contributed by atoms with Crippen LogP contribution in [-0.2, 0) is 0 Å². The van der Waals surface area contributed by atoms with E-state index in [0.717, 1.165) is 5.69 Å². The highest BCUT2D eigenvalue weighted by atomic mass is 16.1. The summed E-state index contributed by atoms with van der Waals surface area (Å²) >= 11 is 0. The van der Waals surface area contributed by atoms with Gasteiger partial charge in [0.25, 0.3) is 5.91 Å². The molecule has 1 aromatic carbocycles. The number of rotatable bonds is 3. The maximum atomic E-state index is 12.2. The quantitative estimate of drug-likeness (QED) is 0.842. The molecule has 3 rings (SSSR count). The number of hydrogen-bond donors (Lipinski definition) is 2. The van der Waals surface area contributed by atoms with E-state index in [1.54, 1.807) is 24.3 Å². The van der Waals surface area contributed by atoms with Crippen LogP contribution in [0, 0.1) is 11.3 Å². The van der Waals surface area contributed by atoms with E-state index in [1.807, 2.05) is 12.1 Å². The number of benzene rings is 1. The molecule has 0 atom stereocenters. The van der Waals surface area contributed by atoms with Gasteiger partial charge in [-0.15, -0.1) is 0 Å². The molecule has 5 nitrogen and oxygen atoms in total. The highest BCUT2D eigenvalue weighted by molar-refractivity contribution is 6.03. The van der Waals surface area contributed by atoms with Gasteiger partial charge in [0.1, 0.15) is 0 Å². The lowest BCUT2D eigenvalue weighted by atomic mass is 9.97. The van der Waals surface area contributed by atoms with Crippen LogP contribution in [-0.4, -0.2) is 16.1 Å². The zero-order valence-electron chi connectivity index (χ0n) is 13.0. The molecule has 2 N–H and O–H groups in total. The minimum atomic E-state index is -0.214. The zero-order valence-corrected chi connectivity index (χ0v) is 13.0. The monoisotopic (exact) mass is 308 g/mol. The highest BCUT2D eigenvalue weighted by Gasteiger charge is 2.17. The number of anilines is 1. The number of nitrogens with zero attached hydrogens (tertiary/aromatic N) is 2. The predicted octanol–water partition coefficient (Wildman–Crippen LogP) is 3.97. The second kappa shape index (κ2) is 7.10. The third-order valence-corrected chi connectivity index (χ3v) is 4.41. The number of aromatic nitrogens is 2. The van der Waals surface area contributed by atoms with Crippen molar-refractivity contribution >= 4 is 11.7 Å². The molecule has 0 bridgehead atoms. The van der Waals surface area contributed by atoms with Gasteiger partial charge in [-0.25, -0.2) is 0 Å². The second-order valence-electron chi connectivity index (χ2n) is 6.04. The SMILES string of the molecule is N#Cc1ccc(C(=O)Nc2cc(C3CCCCCC3)[nH]n2)cc1. The summed E-state index contributed by atoms with van der Waals surface area (Å²) in [6, 6.07) is 10.5. The van der Waals surface area contributed by atoms with Gasteiger partial charge in [-0.05, 0) is 37.1 Å². The molecule has 0 saturated heterocycles. The smallest absolute Gasteiger partial charge is 0.256 e. The fraction of sp³-hybridized carbons (Fsp3) is 0.389. The van der Waals surface area contributed by atoms with Gasteiger partial charge in [-0.3, -0.25) is 9.89 Å². The largest absolute Gasteiger partial charge is 0.305 e. The van der Waals surface area contributed by atoms with Crippen molar-refractivity contribution in [1.82, 2.24) is 10.2 Å². The normalized spacial score (nSPS) is 15.6. The van der Waals surface area contributed by atoms with E-state index in [0.29, 0.717) is 22.9 Å². The van der Waals surface area contributed by atoms with Crippen molar-refractivity contribution in [3.63, 3.8) is 0 Å². The van der Waals surface area contributed by atoms with Crippen molar-refractivity contribution < 1.29 is 4.79 Å². The summed E-state index contributed by atoms with van der Waals surface area (Å²) in [5.74, 6) is 0.859. The summed E-state index contributed by atoms with van der Waals surface area (Å²) in [7, 11) is 0. The van der Waals surface area contributed by atoms with Crippen LogP contribution >= 0.6 is 0 Å².